The summed E-state index contributed by atoms with van der Waals surface area (Å²) in [5.74, 6) is -0.693. The number of amides is 1. The molecule has 1 amide bonds. The van der Waals surface area contributed by atoms with Crippen LogP contribution in [0.5, 0.6) is 0 Å². The molecule has 1 aromatic heterocycles. The Bertz CT molecular complexity index is 686. The molecule has 0 saturated carbocycles. The zero-order valence-electron chi connectivity index (χ0n) is 16.2. The second-order valence-corrected chi connectivity index (χ2v) is 6.90. The van der Waals surface area contributed by atoms with Gasteiger partial charge in [-0.3, -0.25) is 4.79 Å². The molecule has 0 aromatic carbocycles. The Morgan fingerprint density at radius 1 is 1.19 bits per heavy atom. The molecule has 144 valence electrons. The van der Waals surface area contributed by atoms with Crippen LogP contribution in [-0.4, -0.2) is 53.5 Å². The molecule has 1 aliphatic heterocycles. The smallest absolute Gasteiger partial charge is 0.355 e. The third-order valence-corrected chi connectivity index (χ3v) is 4.85. The SMILES string of the molecule is CCOC(=O)c1[nH]c(C)c(C(=O)OC(C)C(=O)N2CCC(C)CC2)c1C. The Labute approximate surface area is 154 Å². The molecule has 2 heterocycles. The summed E-state index contributed by atoms with van der Waals surface area (Å²) in [7, 11) is 0. The zero-order chi connectivity index (χ0) is 19.4. The van der Waals surface area contributed by atoms with Crippen LogP contribution < -0.4 is 0 Å². The number of carbonyl (C=O) groups excluding carboxylic acids is 3. The van der Waals surface area contributed by atoms with Crippen LogP contribution in [0.3, 0.4) is 0 Å². The van der Waals surface area contributed by atoms with E-state index in [-0.39, 0.29) is 23.8 Å². The fourth-order valence-corrected chi connectivity index (χ4v) is 3.22. The van der Waals surface area contributed by atoms with Crippen LogP contribution in [0, 0.1) is 19.8 Å². The van der Waals surface area contributed by atoms with Gasteiger partial charge in [0.2, 0.25) is 0 Å². The lowest BCUT2D eigenvalue weighted by Crippen LogP contribution is -2.44. The average molecular weight is 364 g/mol. The first-order chi connectivity index (χ1) is 12.3. The van der Waals surface area contributed by atoms with Gasteiger partial charge in [-0.2, -0.15) is 0 Å². The number of nitrogens with zero attached hydrogens (tertiary/aromatic N) is 1. The zero-order valence-corrected chi connectivity index (χ0v) is 16.2. The van der Waals surface area contributed by atoms with Crippen LogP contribution >= 0.6 is 0 Å². The summed E-state index contributed by atoms with van der Waals surface area (Å²) < 4.78 is 10.4. The van der Waals surface area contributed by atoms with Crippen molar-refractivity contribution < 1.29 is 23.9 Å². The monoisotopic (exact) mass is 364 g/mol. The third kappa shape index (κ3) is 4.26. The molecule has 7 heteroatoms. The quantitative estimate of drug-likeness (QED) is 0.811. The first kappa shape index (κ1) is 20.0. The summed E-state index contributed by atoms with van der Waals surface area (Å²) in [6.07, 6.45) is 1.06. The number of rotatable bonds is 5. The summed E-state index contributed by atoms with van der Waals surface area (Å²) in [4.78, 5) is 41.6. The van der Waals surface area contributed by atoms with Gasteiger partial charge in [-0.1, -0.05) is 6.92 Å². The van der Waals surface area contributed by atoms with Crippen molar-refractivity contribution in [2.45, 2.75) is 53.6 Å². The average Bonchev–Trinajstić information content (AvgIpc) is 2.89. The fourth-order valence-electron chi connectivity index (χ4n) is 3.22. The molecule has 0 radical (unpaired) electrons. The number of carbonyl (C=O) groups is 3. The maximum Gasteiger partial charge on any atom is 0.355 e. The van der Waals surface area contributed by atoms with Crippen molar-refractivity contribution in [1.82, 2.24) is 9.88 Å². The number of esters is 2. The van der Waals surface area contributed by atoms with E-state index in [0.29, 0.717) is 30.3 Å². The Balaban J connectivity index is 2.07. The van der Waals surface area contributed by atoms with Gasteiger partial charge in [0.05, 0.1) is 12.2 Å². The Morgan fingerprint density at radius 2 is 1.81 bits per heavy atom. The molecule has 0 spiro atoms. The number of aromatic amines is 1. The van der Waals surface area contributed by atoms with Crippen molar-refractivity contribution in [1.29, 1.82) is 0 Å². The maximum absolute atomic E-state index is 12.6. The summed E-state index contributed by atoms with van der Waals surface area (Å²) >= 11 is 0. The van der Waals surface area contributed by atoms with Crippen molar-refractivity contribution in [2.24, 2.45) is 5.92 Å². The molecule has 1 aliphatic rings. The first-order valence-corrected chi connectivity index (χ1v) is 9.12. The fraction of sp³-hybridized carbons (Fsp3) is 0.632. The molecule has 1 atom stereocenters. The molecule has 7 nitrogen and oxygen atoms in total. The molecule has 1 N–H and O–H groups in total. The third-order valence-electron chi connectivity index (χ3n) is 4.85. The largest absolute Gasteiger partial charge is 0.461 e. The molecule has 1 fully saturated rings. The van der Waals surface area contributed by atoms with E-state index >= 15 is 0 Å². The van der Waals surface area contributed by atoms with Gasteiger partial charge >= 0.3 is 11.9 Å². The summed E-state index contributed by atoms with van der Waals surface area (Å²) in [6.45, 7) is 10.4. The molecule has 0 bridgehead atoms. The maximum atomic E-state index is 12.6. The van der Waals surface area contributed by atoms with E-state index in [0.717, 1.165) is 12.8 Å². The van der Waals surface area contributed by atoms with Gasteiger partial charge in [-0.25, -0.2) is 9.59 Å². The van der Waals surface area contributed by atoms with Crippen LogP contribution in [0.1, 0.15) is 65.7 Å². The van der Waals surface area contributed by atoms with Gasteiger partial charge in [0.25, 0.3) is 5.91 Å². The van der Waals surface area contributed by atoms with Gasteiger partial charge in [-0.15, -0.1) is 0 Å². The van der Waals surface area contributed by atoms with Crippen molar-refractivity contribution in [2.75, 3.05) is 19.7 Å². The number of aryl methyl sites for hydroxylation is 1. The van der Waals surface area contributed by atoms with Gasteiger partial charge in [0, 0.05) is 18.8 Å². The van der Waals surface area contributed by atoms with E-state index in [1.165, 1.54) is 0 Å². The van der Waals surface area contributed by atoms with Crippen LogP contribution in [0.25, 0.3) is 0 Å². The normalized spacial score (nSPS) is 16.3. The van der Waals surface area contributed by atoms with Gasteiger partial charge in [0.1, 0.15) is 5.69 Å². The number of likely N-dealkylation sites (tertiary alicyclic amines) is 1. The molecule has 2 rings (SSSR count). The lowest BCUT2D eigenvalue weighted by Gasteiger charge is -2.31. The van der Waals surface area contributed by atoms with Gasteiger partial charge < -0.3 is 19.4 Å². The second kappa shape index (κ2) is 8.38. The number of H-pyrrole nitrogens is 1. The minimum absolute atomic E-state index is 0.179. The Kier molecular flexibility index (Phi) is 6.45. The second-order valence-electron chi connectivity index (χ2n) is 6.90. The molecule has 0 aliphatic carbocycles. The van der Waals surface area contributed by atoms with Crippen LogP contribution in [0.15, 0.2) is 0 Å². The van der Waals surface area contributed by atoms with E-state index in [4.69, 9.17) is 9.47 Å². The molecule has 26 heavy (non-hydrogen) atoms. The minimum atomic E-state index is -0.865. The molecular formula is C19H28N2O5. The highest BCUT2D eigenvalue weighted by Crippen LogP contribution is 2.21. The van der Waals surface area contributed by atoms with Crippen molar-refractivity contribution in [3.05, 3.63) is 22.5 Å². The summed E-state index contributed by atoms with van der Waals surface area (Å²) in [5, 5.41) is 0. The predicted molar refractivity (Wildman–Crippen MR) is 96.1 cm³/mol. The lowest BCUT2D eigenvalue weighted by atomic mass is 9.99. The highest BCUT2D eigenvalue weighted by atomic mass is 16.5. The number of nitrogens with one attached hydrogen (secondary N) is 1. The summed E-state index contributed by atoms with van der Waals surface area (Å²) in [5.41, 5.74) is 1.50. The number of hydrogen-bond donors (Lipinski definition) is 1. The highest BCUT2D eigenvalue weighted by molar-refractivity contribution is 5.99. The molecular weight excluding hydrogens is 336 g/mol. The van der Waals surface area contributed by atoms with E-state index in [2.05, 4.69) is 11.9 Å². The van der Waals surface area contributed by atoms with Crippen LogP contribution in [0.4, 0.5) is 0 Å². The van der Waals surface area contributed by atoms with Crippen LogP contribution in [-0.2, 0) is 14.3 Å². The van der Waals surface area contributed by atoms with Crippen molar-refractivity contribution in [3.8, 4) is 0 Å². The van der Waals surface area contributed by atoms with Crippen molar-refractivity contribution >= 4 is 17.8 Å². The standard InChI is InChI=1S/C19H28N2O5/c1-6-25-19(24)16-12(3)15(13(4)20-16)18(23)26-14(5)17(22)21-9-7-11(2)8-10-21/h11,14,20H,6-10H2,1-5H3. The Morgan fingerprint density at radius 3 is 2.38 bits per heavy atom. The van der Waals surface area contributed by atoms with E-state index in [1.807, 2.05) is 0 Å². The lowest BCUT2D eigenvalue weighted by molar-refractivity contribution is -0.141. The number of aromatic nitrogens is 1. The Hall–Kier alpha value is -2.31. The molecule has 1 saturated heterocycles. The number of hydrogen-bond acceptors (Lipinski definition) is 5. The van der Waals surface area contributed by atoms with Gasteiger partial charge in [0.15, 0.2) is 6.10 Å². The van der Waals surface area contributed by atoms with E-state index in [1.54, 1.807) is 32.6 Å². The first-order valence-electron chi connectivity index (χ1n) is 9.12. The van der Waals surface area contributed by atoms with E-state index in [9.17, 15) is 14.4 Å². The predicted octanol–water partition coefficient (Wildman–Crippen LogP) is 2.61. The number of ether oxygens (including phenoxy) is 2. The molecule has 1 unspecified atom stereocenters. The summed E-state index contributed by atoms with van der Waals surface area (Å²) in [6, 6.07) is 0. The molecule has 1 aromatic rings. The minimum Gasteiger partial charge on any atom is -0.461 e. The van der Waals surface area contributed by atoms with Gasteiger partial charge in [-0.05, 0) is 52.0 Å². The number of piperidine rings is 1. The van der Waals surface area contributed by atoms with Crippen LogP contribution in [0.2, 0.25) is 0 Å². The topological polar surface area (TPSA) is 88.7 Å². The highest BCUT2D eigenvalue weighted by Gasteiger charge is 2.29. The van der Waals surface area contributed by atoms with Crippen molar-refractivity contribution in [3.63, 3.8) is 0 Å². The van der Waals surface area contributed by atoms with E-state index < -0.39 is 18.0 Å².